The summed E-state index contributed by atoms with van der Waals surface area (Å²) in [5.41, 5.74) is 8.64. The van der Waals surface area contributed by atoms with Gasteiger partial charge in [0.05, 0.1) is 13.2 Å². The molecular formula is C19H19BrN2O2S. The van der Waals surface area contributed by atoms with E-state index in [0.717, 1.165) is 27.7 Å². The van der Waals surface area contributed by atoms with E-state index in [4.69, 9.17) is 10.5 Å². The number of nitrogens with zero attached hydrogens (tertiary/aromatic N) is 1. The van der Waals surface area contributed by atoms with E-state index in [-0.39, 0.29) is 5.56 Å². The van der Waals surface area contributed by atoms with Crippen molar-refractivity contribution < 1.29 is 4.74 Å². The largest absolute Gasteiger partial charge is 0.493 e. The molecule has 2 heterocycles. The van der Waals surface area contributed by atoms with E-state index in [1.165, 1.54) is 10.9 Å². The van der Waals surface area contributed by atoms with Crippen LogP contribution >= 0.6 is 27.3 Å². The van der Waals surface area contributed by atoms with Crippen molar-refractivity contribution in [2.24, 2.45) is 0 Å². The second kappa shape index (κ2) is 7.89. The minimum atomic E-state index is -0.0850. The minimum Gasteiger partial charge on any atom is -0.493 e. The van der Waals surface area contributed by atoms with Crippen molar-refractivity contribution in [3.05, 3.63) is 78.8 Å². The highest BCUT2D eigenvalue weighted by Gasteiger charge is 2.05. The summed E-state index contributed by atoms with van der Waals surface area (Å²) in [5, 5.41) is 2.05. The van der Waals surface area contributed by atoms with Crippen LogP contribution in [-0.4, -0.2) is 11.2 Å². The number of hydrogen-bond donors (Lipinski definition) is 1. The van der Waals surface area contributed by atoms with Crippen molar-refractivity contribution >= 4 is 33.0 Å². The first-order valence-corrected chi connectivity index (χ1v) is 9.60. The van der Waals surface area contributed by atoms with Crippen LogP contribution in [0.1, 0.15) is 16.0 Å². The van der Waals surface area contributed by atoms with Gasteiger partial charge in [-0.3, -0.25) is 4.79 Å². The van der Waals surface area contributed by atoms with Gasteiger partial charge in [-0.1, -0.05) is 12.1 Å². The molecule has 0 saturated heterocycles. The number of aromatic nitrogens is 1. The first-order chi connectivity index (χ1) is 12.0. The topological polar surface area (TPSA) is 57.2 Å². The van der Waals surface area contributed by atoms with Gasteiger partial charge in [0.15, 0.2) is 0 Å². The second-order valence-corrected chi connectivity index (χ2v) is 7.70. The quantitative estimate of drug-likeness (QED) is 0.609. The number of pyridine rings is 1. The molecule has 0 radical (unpaired) electrons. The van der Waals surface area contributed by atoms with E-state index in [1.54, 1.807) is 22.1 Å². The number of hydrogen-bond acceptors (Lipinski definition) is 4. The lowest BCUT2D eigenvalue weighted by molar-refractivity contribution is 0.321. The average Bonchev–Trinajstić information content (AvgIpc) is 2.99. The molecule has 3 aromatic rings. The molecule has 6 heteroatoms. The molecule has 130 valence electrons. The Kier molecular flexibility index (Phi) is 5.60. The van der Waals surface area contributed by atoms with E-state index in [1.807, 2.05) is 31.2 Å². The highest BCUT2D eigenvalue weighted by molar-refractivity contribution is 9.10. The molecule has 4 nitrogen and oxygen atoms in total. The summed E-state index contributed by atoms with van der Waals surface area (Å²) < 4.78 is 8.45. The van der Waals surface area contributed by atoms with Crippen LogP contribution in [-0.2, 0) is 13.0 Å². The third kappa shape index (κ3) is 4.52. The molecule has 1 aromatic carbocycles. The first kappa shape index (κ1) is 17.8. The molecule has 0 saturated carbocycles. The Morgan fingerprint density at radius 3 is 2.84 bits per heavy atom. The monoisotopic (exact) mass is 418 g/mol. The Morgan fingerprint density at radius 1 is 1.28 bits per heavy atom. The molecule has 0 aliphatic heterocycles. The van der Waals surface area contributed by atoms with Crippen molar-refractivity contribution in [3.63, 3.8) is 0 Å². The van der Waals surface area contributed by atoms with Crippen molar-refractivity contribution in [2.45, 2.75) is 19.9 Å². The van der Waals surface area contributed by atoms with Crippen LogP contribution in [0, 0.1) is 6.92 Å². The fourth-order valence-corrected chi connectivity index (χ4v) is 3.96. The van der Waals surface area contributed by atoms with Gasteiger partial charge in [0.1, 0.15) is 5.75 Å². The molecule has 3 rings (SSSR count). The van der Waals surface area contributed by atoms with Gasteiger partial charge < -0.3 is 15.0 Å². The molecule has 2 N–H and O–H groups in total. The van der Waals surface area contributed by atoms with Gasteiger partial charge in [-0.15, -0.1) is 11.3 Å². The summed E-state index contributed by atoms with van der Waals surface area (Å²) in [5.74, 6) is 0.598. The van der Waals surface area contributed by atoms with E-state index >= 15 is 0 Å². The molecule has 0 atom stereocenters. The van der Waals surface area contributed by atoms with Crippen LogP contribution in [0.2, 0.25) is 0 Å². The van der Waals surface area contributed by atoms with Gasteiger partial charge in [0.25, 0.3) is 5.56 Å². The number of ether oxygens (including phenoxy) is 1. The van der Waals surface area contributed by atoms with Crippen LogP contribution in [0.15, 0.2) is 57.2 Å². The zero-order valence-electron chi connectivity index (χ0n) is 13.9. The summed E-state index contributed by atoms with van der Waals surface area (Å²) in [4.78, 5) is 13.6. The molecule has 0 aliphatic rings. The van der Waals surface area contributed by atoms with E-state index in [0.29, 0.717) is 18.9 Å². The minimum absolute atomic E-state index is 0.0850. The maximum Gasteiger partial charge on any atom is 0.254 e. The second-order valence-electron chi connectivity index (χ2n) is 5.79. The summed E-state index contributed by atoms with van der Waals surface area (Å²) in [6.07, 6.45) is 2.59. The fourth-order valence-electron chi connectivity index (χ4n) is 2.52. The third-order valence-electron chi connectivity index (χ3n) is 4.04. The zero-order valence-corrected chi connectivity index (χ0v) is 16.3. The maximum atomic E-state index is 12.3. The van der Waals surface area contributed by atoms with Crippen molar-refractivity contribution in [1.29, 1.82) is 0 Å². The molecule has 0 amide bonds. The Bertz CT molecular complexity index is 933. The molecule has 0 unspecified atom stereocenters. The number of rotatable bonds is 6. The molecule has 0 bridgehead atoms. The number of halogens is 1. The predicted octanol–water partition coefficient (Wildman–Crippen LogP) is 4.23. The highest BCUT2D eigenvalue weighted by Crippen LogP contribution is 2.20. The van der Waals surface area contributed by atoms with E-state index < -0.39 is 0 Å². The van der Waals surface area contributed by atoms with Gasteiger partial charge in [-0.2, -0.15) is 0 Å². The van der Waals surface area contributed by atoms with Crippen LogP contribution in [0.5, 0.6) is 5.75 Å². The highest BCUT2D eigenvalue weighted by atomic mass is 79.9. The smallest absolute Gasteiger partial charge is 0.254 e. The van der Waals surface area contributed by atoms with Gasteiger partial charge in [0.2, 0.25) is 0 Å². The number of benzene rings is 1. The van der Waals surface area contributed by atoms with Gasteiger partial charge >= 0.3 is 0 Å². The third-order valence-corrected chi connectivity index (χ3v) is 5.79. The molecule has 0 fully saturated rings. The lowest BCUT2D eigenvalue weighted by Crippen LogP contribution is -2.20. The van der Waals surface area contributed by atoms with Crippen molar-refractivity contribution in [2.75, 3.05) is 12.3 Å². The number of nitrogens with two attached hydrogens (primary N) is 1. The summed E-state index contributed by atoms with van der Waals surface area (Å²) >= 11 is 5.13. The Morgan fingerprint density at radius 2 is 2.12 bits per heavy atom. The van der Waals surface area contributed by atoms with E-state index in [9.17, 15) is 4.79 Å². The normalized spacial score (nSPS) is 10.8. The van der Waals surface area contributed by atoms with Crippen LogP contribution in [0.3, 0.4) is 0 Å². The number of thiophene rings is 1. The van der Waals surface area contributed by atoms with Crippen LogP contribution < -0.4 is 16.0 Å². The average molecular weight is 419 g/mol. The number of anilines is 1. The molecule has 25 heavy (non-hydrogen) atoms. The molecule has 0 aliphatic carbocycles. The Balaban J connectivity index is 1.64. The maximum absolute atomic E-state index is 12.3. The zero-order chi connectivity index (χ0) is 17.8. The van der Waals surface area contributed by atoms with Gasteiger partial charge in [-0.25, -0.2) is 0 Å². The Hall–Kier alpha value is -2.05. The molecule has 0 spiro atoms. The van der Waals surface area contributed by atoms with Gasteiger partial charge in [0, 0.05) is 39.1 Å². The fraction of sp³-hybridized carbons (Fsp3) is 0.211. The number of nitrogen functional groups attached to an aromatic ring is 1. The first-order valence-electron chi connectivity index (χ1n) is 7.93. The standard InChI is InChI=1S/C19H19BrN2O2S/c1-13-14(3-2-4-18(13)21)11-22-7-5-16(10-19(22)23)24-8-6-17-9-15(20)12-25-17/h2-5,7,9-10,12H,6,8,11,21H2,1H3. The molecule has 2 aromatic heterocycles. The van der Waals surface area contributed by atoms with Crippen molar-refractivity contribution in [1.82, 2.24) is 4.57 Å². The summed E-state index contributed by atoms with van der Waals surface area (Å²) in [6.45, 7) is 3.01. The summed E-state index contributed by atoms with van der Waals surface area (Å²) in [7, 11) is 0. The summed E-state index contributed by atoms with van der Waals surface area (Å²) in [6, 6.07) is 11.2. The van der Waals surface area contributed by atoms with E-state index in [2.05, 4.69) is 27.4 Å². The lowest BCUT2D eigenvalue weighted by Gasteiger charge is -2.11. The SMILES string of the molecule is Cc1c(N)cccc1Cn1ccc(OCCc2cc(Br)cs2)cc1=O. The predicted molar refractivity (Wildman–Crippen MR) is 107 cm³/mol. The van der Waals surface area contributed by atoms with Crippen LogP contribution in [0.25, 0.3) is 0 Å². The van der Waals surface area contributed by atoms with Gasteiger partial charge in [-0.05, 0) is 52.2 Å². The van der Waals surface area contributed by atoms with Crippen molar-refractivity contribution in [3.8, 4) is 5.75 Å². The van der Waals surface area contributed by atoms with Crippen LogP contribution in [0.4, 0.5) is 5.69 Å². The lowest BCUT2D eigenvalue weighted by atomic mass is 10.1. The Labute approximate surface area is 159 Å². The molecular weight excluding hydrogens is 400 g/mol.